The van der Waals surface area contributed by atoms with E-state index in [9.17, 15) is 0 Å². The molecule has 5 aromatic carbocycles. The van der Waals surface area contributed by atoms with E-state index in [0.29, 0.717) is 22.5 Å². The zero-order valence-electron chi connectivity index (χ0n) is 36.1. The van der Waals surface area contributed by atoms with E-state index < -0.39 is 8.07 Å². The Morgan fingerprint density at radius 2 is 1.48 bits per heavy atom. The monoisotopic (exact) mass is 999 g/mol. The molecule has 0 spiro atoms. The first-order valence-electron chi connectivity index (χ1n) is 22.0. The van der Waals surface area contributed by atoms with E-state index in [2.05, 4.69) is 105 Å². The van der Waals surface area contributed by atoms with Crippen LogP contribution >= 0.6 is 0 Å². The Kier molecular flexibility index (Phi) is 12.6. The van der Waals surface area contributed by atoms with Gasteiger partial charge in [0.15, 0.2) is 0 Å². The van der Waals surface area contributed by atoms with Crippen LogP contribution in [-0.4, -0.2) is 18.0 Å². The Hall–Kier alpha value is -4.74. The first-order chi connectivity index (χ1) is 29.0. The number of hydrogen-bond acceptors (Lipinski definition) is 3. The summed E-state index contributed by atoms with van der Waals surface area (Å²) in [6.07, 6.45) is 16.1. The molecule has 10 rings (SSSR count). The van der Waals surface area contributed by atoms with Crippen LogP contribution in [0.3, 0.4) is 0 Å². The molecule has 0 N–H and O–H groups in total. The number of pyridine rings is 2. The molecular weight excluding hydrogens is 944 g/mol. The number of fused-ring (bicyclic) bond motifs is 4. The first-order valence-corrected chi connectivity index (χ1v) is 25.5. The maximum absolute atomic E-state index is 15.3. The normalized spacial score (nSPS) is 15.0. The van der Waals surface area contributed by atoms with Gasteiger partial charge in [-0.25, -0.2) is 4.39 Å². The standard InChI is InChI=1S/C31H27FNO.C24H28NSi.Ir/c1-31(2,23-10-6-7-11-23)24-14-15-33-27(19-24)21-12-13-28-25(16-21)30-26(32)17-22(18-29(30)34-28)20-8-4-3-5-9-20;1-26(2,3)24-17-25-23(16-20(24)15-18-9-4-5-10-18)22-14-8-12-19-11-6-7-13-21(19)22;/h3-5,8-9,13-19,23H,6-7,10-11H2,1-2H3;6-8,11-13,16-18H,4-5,9-10,15H2,1-3H3;/q2*-1;. The van der Waals surface area contributed by atoms with Gasteiger partial charge < -0.3 is 14.4 Å². The van der Waals surface area contributed by atoms with Crippen LogP contribution < -0.4 is 5.19 Å². The fourth-order valence-corrected chi connectivity index (χ4v) is 11.6. The van der Waals surface area contributed by atoms with E-state index >= 15 is 4.39 Å². The molecule has 8 aromatic rings. The van der Waals surface area contributed by atoms with Crippen molar-refractivity contribution in [3.63, 3.8) is 0 Å². The molecule has 0 aliphatic heterocycles. The third-order valence-electron chi connectivity index (χ3n) is 13.5. The zero-order valence-corrected chi connectivity index (χ0v) is 39.5. The molecule has 3 aromatic heterocycles. The summed E-state index contributed by atoms with van der Waals surface area (Å²) >= 11 is 0. The molecule has 0 saturated heterocycles. The maximum atomic E-state index is 15.3. The van der Waals surface area contributed by atoms with E-state index in [1.54, 1.807) is 11.6 Å². The van der Waals surface area contributed by atoms with Crippen molar-refractivity contribution < 1.29 is 28.9 Å². The van der Waals surface area contributed by atoms with Crippen molar-refractivity contribution in [2.75, 3.05) is 0 Å². The van der Waals surface area contributed by atoms with Crippen molar-refractivity contribution in [2.24, 2.45) is 11.8 Å². The Morgan fingerprint density at radius 3 is 2.25 bits per heavy atom. The molecule has 3 heterocycles. The SMILES string of the molecule is CC(C)(c1ccnc(-c2[c-]cc3oc4cc(-c5ccccc5)cc(F)c4c3c2)c1)C1CCCC1.C[Si](C)(C)c1cnc(-c2[c-]ccc3ccccc23)cc1CC1CCCC1.[Ir]. The summed E-state index contributed by atoms with van der Waals surface area (Å²) in [7, 11) is -1.40. The number of furan rings is 1. The minimum atomic E-state index is -1.40. The summed E-state index contributed by atoms with van der Waals surface area (Å²) in [6.45, 7) is 12.0. The summed E-state index contributed by atoms with van der Waals surface area (Å²) in [5, 5.41) is 5.30. The van der Waals surface area contributed by atoms with Crippen molar-refractivity contribution in [1.82, 2.24) is 9.97 Å². The van der Waals surface area contributed by atoms with Gasteiger partial charge in [-0.2, -0.15) is 0 Å². The van der Waals surface area contributed by atoms with Crippen LogP contribution in [0, 0.1) is 29.8 Å². The predicted molar refractivity (Wildman–Crippen MR) is 251 cm³/mol. The molecule has 6 heteroatoms. The van der Waals surface area contributed by atoms with Gasteiger partial charge in [0.2, 0.25) is 0 Å². The number of nitrogens with zero attached hydrogens (tertiary/aromatic N) is 2. The molecular formula is C55H55FIrN2OSi-2. The van der Waals surface area contributed by atoms with Crippen molar-refractivity contribution in [2.45, 2.75) is 96.7 Å². The molecule has 1 radical (unpaired) electrons. The Morgan fingerprint density at radius 1 is 0.738 bits per heavy atom. The molecule has 2 aliphatic carbocycles. The third-order valence-corrected chi connectivity index (χ3v) is 15.5. The van der Waals surface area contributed by atoms with Gasteiger partial charge in [-0.1, -0.05) is 155 Å². The smallest absolute Gasteiger partial charge is 0.133 e. The van der Waals surface area contributed by atoms with Gasteiger partial charge in [-0.3, -0.25) is 0 Å². The van der Waals surface area contributed by atoms with Crippen LogP contribution in [0.5, 0.6) is 0 Å². The molecule has 0 unspecified atom stereocenters. The fraction of sp³-hybridized carbons (Fsp3) is 0.309. The molecule has 0 atom stereocenters. The Bertz CT molecular complexity index is 2790. The third kappa shape index (κ3) is 8.96. The molecule has 2 aliphatic rings. The number of benzene rings is 5. The summed E-state index contributed by atoms with van der Waals surface area (Å²) in [6, 6.07) is 43.3. The summed E-state index contributed by atoms with van der Waals surface area (Å²) in [5.41, 5.74) is 9.81. The molecule has 3 nitrogen and oxygen atoms in total. The summed E-state index contributed by atoms with van der Waals surface area (Å²) in [4.78, 5) is 9.55. The quantitative estimate of drug-likeness (QED) is 0.112. The van der Waals surface area contributed by atoms with Gasteiger partial charge in [-0.15, -0.1) is 52.9 Å². The minimum Gasteiger partial charge on any atom is -0.500 e. The maximum Gasteiger partial charge on any atom is 0.133 e. The number of aromatic nitrogens is 2. The fourth-order valence-electron chi connectivity index (χ4n) is 9.98. The summed E-state index contributed by atoms with van der Waals surface area (Å²) in [5.74, 6) is 1.27. The second kappa shape index (κ2) is 17.9. The van der Waals surface area contributed by atoms with E-state index in [1.165, 1.54) is 79.3 Å². The molecule has 313 valence electrons. The molecule has 0 amide bonds. The van der Waals surface area contributed by atoms with Crippen LogP contribution in [0.1, 0.15) is 76.3 Å². The van der Waals surface area contributed by atoms with Crippen LogP contribution in [0.4, 0.5) is 4.39 Å². The van der Waals surface area contributed by atoms with Crippen LogP contribution in [-0.2, 0) is 31.9 Å². The molecule has 0 bridgehead atoms. The average molecular weight is 999 g/mol. The van der Waals surface area contributed by atoms with Gasteiger partial charge in [0.25, 0.3) is 0 Å². The van der Waals surface area contributed by atoms with E-state index in [0.717, 1.165) is 44.9 Å². The second-order valence-electron chi connectivity index (χ2n) is 18.8. The van der Waals surface area contributed by atoms with Gasteiger partial charge in [-0.05, 0) is 88.0 Å². The predicted octanol–water partition coefficient (Wildman–Crippen LogP) is 14.7. The van der Waals surface area contributed by atoms with Crippen molar-refractivity contribution in [1.29, 1.82) is 0 Å². The number of rotatable bonds is 8. The van der Waals surface area contributed by atoms with Crippen molar-refractivity contribution in [3.05, 3.63) is 151 Å². The van der Waals surface area contributed by atoms with E-state index in [1.807, 2.05) is 60.8 Å². The largest absolute Gasteiger partial charge is 0.500 e. The minimum absolute atomic E-state index is 0. The average Bonchev–Trinajstić information content (AvgIpc) is 4.06. The van der Waals surface area contributed by atoms with E-state index in [-0.39, 0.29) is 31.3 Å². The molecule has 2 saturated carbocycles. The van der Waals surface area contributed by atoms with Gasteiger partial charge >= 0.3 is 0 Å². The molecule has 2 fully saturated rings. The van der Waals surface area contributed by atoms with Crippen molar-refractivity contribution in [3.8, 4) is 33.6 Å². The van der Waals surface area contributed by atoms with Gasteiger partial charge in [0.1, 0.15) is 11.4 Å². The first kappa shape index (κ1) is 42.9. The van der Waals surface area contributed by atoms with Crippen LogP contribution in [0.2, 0.25) is 19.6 Å². The van der Waals surface area contributed by atoms with Gasteiger partial charge in [0, 0.05) is 37.9 Å². The van der Waals surface area contributed by atoms with E-state index in [4.69, 9.17) is 9.40 Å². The van der Waals surface area contributed by atoms with Gasteiger partial charge in [0.05, 0.1) is 13.7 Å². The second-order valence-corrected chi connectivity index (χ2v) is 23.9. The van der Waals surface area contributed by atoms with Crippen LogP contribution in [0.15, 0.2) is 126 Å². The Balaban J connectivity index is 0.000000172. The molecule has 61 heavy (non-hydrogen) atoms. The topological polar surface area (TPSA) is 38.9 Å². The summed E-state index contributed by atoms with van der Waals surface area (Å²) < 4.78 is 21.4. The Labute approximate surface area is 375 Å². The van der Waals surface area contributed by atoms with Crippen molar-refractivity contribution >= 4 is 46.0 Å². The number of hydrogen-bond donors (Lipinski definition) is 0. The number of halogens is 1. The van der Waals surface area contributed by atoms with Crippen LogP contribution in [0.25, 0.3) is 66.4 Å². The zero-order chi connectivity index (χ0) is 41.4.